The lowest BCUT2D eigenvalue weighted by molar-refractivity contribution is -0.384. The van der Waals surface area contributed by atoms with Crippen LogP contribution in [0.3, 0.4) is 0 Å². The molecule has 0 heterocycles. The Morgan fingerprint density at radius 2 is 2.21 bits per heavy atom. The lowest BCUT2D eigenvalue weighted by Crippen LogP contribution is -2.43. The van der Waals surface area contributed by atoms with Gasteiger partial charge in [-0.05, 0) is 25.3 Å². The van der Waals surface area contributed by atoms with Gasteiger partial charge in [-0.2, -0.15) is 0 Å². The molecule has 0 saturated heterocycles. The van der Waals surface area contributed by atoms with E-state index in [0.29, 0.717) is 18.5 Å². The van der Waals surface area contributed by atoms with Crippen molar-refractivity contribution in [3.63, 3.8) is 0 Å². The highest BCUT2D eigenvalue weighted by atomic mass is 16.6. The highest BCUT2D eigenvalue weighted by Crippen LogP contribution is 2.42. The molecular weight excluding hydrogens is 248 g/mol. The molecule has 6 nitrogen and oxygen atoms in total. The number of hydrogen-bond acceptors (Lipinski definition) is 4. The van der Waals surface area contributed by atoms with Crippen LogP contribution in [-0.4, -0.2) is 22.5 Å². The minimum Gasteiger partial charge on any atom is -0.481 e. The number of para-hydroxylation sites is 1. The Morgan fingerprint density at radius 1 is 1.53 bits per heavy atom. The van der Waals surface area contributed by atoms with E-state index in [1.165, 1.54) is 6.07 Å². The molecule has 2 rings (SSSR count). The number of carbonyl (C=O) groups is 1. The summed E-state index contributed by atoms with van der Waals surface area (Å²) in [5.41, 5.74) is 0.379. The minimum atomic E-state index is -0.831. The molecule has 0 bridgehead atoms. The Bertz CT molecular complexity index is 523. The molecule has 0 unspecified atom stereocenters. The molecule has 102 valence electrons. The largest absolute Gasteiger partial charge is 0.481 e. The normalized spacial score (nSPS) is 16.5. The van der Waals surface area contributed by atoms with E-state index in [9.17, 15) is 20.0 Å². The summed E-state index contributed by atoms with van der Waals surface area (Å²) in [6.45, 7) is 2.00. The molecule has 19 heavy (non-hydrogen) atoms. The Labute approximate surface area is 110 Å². The number of aryl methyl sites for hydroxylation is 1. The summed E-state index contributed by atoms with van der Waals surface area (Å²) in [6, 6.07) is 4.81. The van der Waals surface area contributed by atoms with Crippen molar-refractivity contribution in [1.82, 2.24) is 0 Å². The van der Waals surface area contributed by atoms with Crippen LogP contribution in [0.4, 0.5) is 11.4 Å². The van der Waals surface area contributed by atoms with Gasteiger partial charge in [-0.1, -0.05) is 18.6 Å². The summed E-state index contributed by atoms with van der Waals surface area (Å²) in [5, 5.41) is 23.2. The number of rotatable bonds is 5. The summed E-state index contributed by atoms with van der Waals surface area (Å²) < 4.78 is 0. The van der Waals surface area contributed by atoms with E-state index in [4.69, 9.17) is 0 Å². The van der Waals surface area contributed by atoms with E-state index < -0.39 is 16.3 Å². The molecule has 1 aliphatic rings. The number of nitrogens with zero attached hydrogens (tertiary/aromatic N) is 1. The van der Waals surface area contributed by atoms with Crippen molar-refractivity contribution in [1.29, 1.82) is 0 Å². The van der Waals surface area contributed by atoms with Gasteiger partial charge in [-0.15, -0.1) is 0 Å². The molecule has 1 aliphatic carbocycles. The first-order valence-corrected chi connectivity index (χ1v) is 6.17. The fourth-order valence-corrected chi connectivity index (χ4v) is 2.36. The lowest BCUT2D eigenvalue weighted by atomic mass is 9.68. The monoisotopic (exact) mass is 264 g/mol. The van der Waals surface area contributed by atoms with E-state index >= 15 is 0 Å². The fourth-order valence-electron chi connectivity index (χ4n) is 2.36. The smallest absolute Gasteiger partial charge is 0.311 e. The number of carboxylic acid groups (broad SMARTS) is 1. The van der Waals surface area contributed by atoms with Crippen LogP contribution in [0.25, 0.3) is 0 Å². The van der Waals surface area contributed by atoms with Gasteiger partial charge in [0.25, 0.3) is 5.69 Å². The molecule has 1 aromatic carbocycles. The van der Waals surface area contributed by atoms with Gasteiger partial charge in [0.2, 0.25) is 0 Å². The second-order valence-electron chi connectivity index (χ2n) is 5.02. The van der Waals surface area contributed by atoms with Crippen molar-refractivity contribution < 1.29 is 14.8 Å². The highest BCUT2D eigenvalue weighted by Gasteiger charge is 2.44. The van der Waals surface area contributed by atoms with E-state index in [-0.39, 0.29) is 12.2 Å². The van der Waals surface area contributed by atoms with Gasteiger partial charge in [0.15, 0.2) is 0 Å². The number of nitro benzene ring substituents is 1. The van der Waals surface area contributed by atoms with Crippen molar-refractivity contribution in [3.8, 4) is 0 Å². The minimum absolute atomic E-state index is 0.0140. The van der Waals surface area contributed by atoms with Crippen LogP contribution in [0.1, 0.15) is 24.8 Å². The molecule has 0 spiro atoms. The van der Waals surface area contributed by atoms with Crippen molar-refractivity contribution in [2.45, 2.75) is 26.2 Å². The number of aliphatic carboxylic acids is 1. The van der Waals surface area contributed by atoms with Gasteiger partial charge >= 0.3 is 5.97 Å². The van der Waals surface area contributed by atoms with Crippen LogP contribution in [0.2, 0.25) is 0 Å². The maximum Gasteiger partial charge on any atom is 0.311 e. The van der Waals surface area contributed by atoms with E-state index in [2.05, 4.69) is 5.32 Å². The molecule has 2 N–H and O–H groups in total. The Hall–Kier alpha value is -2.11. The van der Waals surface area contributed by atoms with Crippen LogP contribution in [0.5, 0.6) is 0 Å². The molecule has 1 saturated carbocycles. The van der Waals surface area contributed by atoms with Gasteiger partial charge in [0, 0.05) is 12.6 Å². The standard InChI is InChI=1S/C13H16N2O4/c1-9-4-2-5-10(15(18)19)11(9)14-8-13(12(16)17)6-3-7-13/h2,4-5,14H,3,6-8H2,1H3,(H,16,17). The van der Waals surface area contributed by atoms with Crippen molar-refractivity contribution in [2.75, 3.05) is 11.9 Å². The van der Waals surface area contributed by atoms with Crippen LogP contribution in [0.15, 0.2) is 18.2 Å². The third-order valence-electron chi connectivity index (χ3n) is 3.82. The van der Waals surface area contributed by atoms with Crippen molar-refractivity contribution in [3.05, 3.63) is 33.9 Å². The lowest BCUT2D eigenvalue weighted by Gasteiger charge is -2.37. The maximum atomic E-state index is 11.3. The summed E-state index contributed by atoms with van der Waals surface area (Å²) >= 11 is 0. The molecule has 1 aromatic rings. The topological polar surface area (TPSA) is 92.5 Å². The summed E-state index contributed by atoms with van der Waals surface area (Å²) in [6.07, 6.45) is 2.13. The Kier molecular flexibility index (Phi) is 3.42. The van der Waals surface area contributed by atoms with Gasteiger partial charge in [-0.25, -0.2) is 0 Å². The average Bonchev–Trinajstić information content (AvgIpc) is 2.28. The maximum absolute atomic E-state index is 11.3. The first-order valence-electron chi connectivity index (χ1n) is 6.17. The van der Waals surface area contributed by atoms with Crippen LogP contribution in [-0.2, 0) is 4.79 Å². The first-order chi connectivity index (χ1) is 8.96. The fraction of sp³-hybridized carbons (Fsp3) is 0.462. The summed E-state index contributed by atoms with van der Waals surface area (Å²) in [4.78, 5) is 21.8. The molecular formula is C13H16N2O4. The van der Waals surface area contributed by atoms with Gasteiger partial charge in [-0.3, -0.25) is 14.9 Å². The number of carboxylic acids is 1. The third kappa shape index (κ3) is 2.38. The zero-order valence-electron chi connectivity index (χ0n) is 10.7. The van der Waals surface area contributed by atoms with Crippen molar-refractivity contribution in [2.24, 2.45) is 5.41 Å². The van der Waals surface area contributed by atoms with Gasteiger partial charge in [0.1, 0.15) is 5.69 Å². The Balaban J connectivity index is 2.20. The summed E-state index contributed by atoms with van der Waals surface area (Å²) in [7, 11) is 0. The molecule has 0 radical (unpaired) electrons. The van der Waals surface area contributed by atoms with E-state index in [1.54, 1.807) is 19.1 Å². The number of nitrogens with one attached hydrogen (secondary N) is 1. The molecule has 0 aromatic heterocycles. The first kappa shape index (κ1) is 13.3. The third-order valence-corrected chi connectivity index (χ3v) is 3.82. The predicted octanol–water partition coefficient (Wildman–Crippen LogP) is 2.57. The zero-order valence-corrected chi connectivity index (χ0v) is 10.7. The molecule has 0 atom stereocenters. The van der Waals surface area contributed by atoms with Gasteiger partial charge < -0.3 is 10.4 Å². The number of benzene rings is 1. The summed E-state index contributed by atoms with van der Waals surface area (Å²) in [5.74, 6) is -0.831. The Morgan fingerprint density at radius 3 is 2.68 bits per heavy atom. The average molecular weight is 264 g/mol. The quantitative estimate of drug-likeness (QED) is 0.629. The number of anilines is 1. The molecule has 0 aliphatic heterocycles. The zero-order chi connectivity index (χ0) is 14.0. The number of nitro groups is 1. The SMILES string of the molecule is Cc1cccc([N+](=O)[O-])c1NCC1(C(=O)O)CCC1. The molecule has 6 heteroatoms. The second kappa shape index (κ2) is 4.87. The molecule has 1 fully saturated rings. The van der Waals surface area contributed by atoms with Crippen molar-refractivity contribution >= 4 is 17.3 Å². The predicted molar refractivity (Wildman–Crippen MR) is 70.2 cm³/mol. The van der Waals surface area contributed by atoms with E-state index in [1.807, 2.05) is 0 Å². The second-order valence-corrected chi connectivity index (χ2v) is 5.02. The van der Waals surface area contributed by atoms with Crippen LogP contribution >= 0.6 is 0 Å². The molecule has 0 amide bonds. The van der Waals surface area contributed by atoms with Gasteiger partial charge in [0.05, 0.1) is 10.3 Å². The highest BCUT2D eigenvalue weighted by molar-refractivity contribution is 5.77. The van der Waals surface area contributed by atoms with Crippen LogP contribution in [0, 0.1) is 22.5 Å². The van der Waals surface area contributed by atoms with E-state index in [0.717, 1.165) is 12.0 Å². The van der Waals surface area contributed by atoms with Crippen LogP contribution < -0.4 is 5.32 Å². The number of hydrogen-bond donors (Lipinski definition) is 2.